The highest BCUT2D eigenvalue weighted by Crippen LogP contribution is 2.49. The molecule has 0 unspecified atom stereocenters. The molecule has 23 heavy (non-hydrogen) atoms. The Kier molecular flexibility index (Phi) is 4.49. The van der Waals surface area contributed by atoms with Gasteiger partial charge in [0.2, 0.25) is 0 Å². The molecule has 0 aromatic heterocycles. The molecular formula is C20H23NO2. The van der Waals surface area contributed by atoms with Crippen molar-refractivity contribution >= 4 is 5.97 Å². The molecule has 0 spiro atoms. The summed E-state index contributed by atoms with van der Waals surface area (Å²) in [6.07, 6.45) is 1.19. The second kappa shape index (κ2) is 6.55. The van der Waals surface area contributed by atoms with E-state index in [1.54, 1.807) is 0 Å². The first kappa shape index (κ1) is 15.8. The summed E-state index contributed by atoms with van der Waals surface area (Å²) in [5, 5.41) is 0. The Morgan fingerprint density at radius 1 is 1.13 bits per heavy atom. The van der Waals surface area contributed by atoms with E-state index in [0.717, 1.165) is 18.5 Å². The first-order valence-electron chi connectivity index (χ1n) is 8.20. The van der Waals surface area contributed by atoms with Crippen molar-refractivity contribution in [2.75, 3.05) is 13.6 Å². The fraction of sp³-hybridized carbons (Fsp3) is 0.350. The van der Waals surface area contributed by atoms with Crippen LogP contribution in [0.25, 0.3) is 0 Å². The number of esters is 1. The molecule has 1 heterocycles. The maximum absolute atomic E-state index is 12.2. The predicted molar refractivity (Wildman–Crippen MR) is 90.9 cm³/mol. The van der Waals surface area contributed by atoms with Gasteiger partial charge in [-0.1, -0.05) is 67.6 Å². The maximum Gasteiger partial charge on any atom is 0.306 e. The van der Waals surface area contributed by atoms with Gasteiger partial charge in [0.05, 0.1) is 6.04 Å². The summed E-state index contributed by atoms with van der Waals surface area (Å²) in [5.41, 5.74) is 1.63. The minimum absolute atomic E-state index is 0.0293. The zero-order chi connectivity index (χ0) is 16.3. The standard InChI is InChI=1S/C20H23NO2/c1-3-18(22)23-20(17-12-8-5-9-13-17)14-15-21(2)19(20)16-10-6-4-7-11-16/h4-13,19H,3,14-15H2,1-2H3/t19-,20+/m1/s1. The molecule has 0 saturated carbocycles. The van der Waals surface area contributed by atoms with Crippen LogP contribution in [0.15, 0.2) is 60.7 Å². The third kappa shape index (κ3) is 2.89. The van der Waals surface area contributed by atoms with Crippen LogP contribution in [-0.4, -0.2) is 24.5 Å². The summed E-state index contributed by atoms with van der Waals surface area (Å²) < 4.78 is 6.09. The van der Waals surface area contributed by atoms with Crippen LogP contribution in [0.2, 0.25) is 0 Å². The highest BCUT2D eigenvalue weighted by atomic mass is 16.6. The van der Waals surface area contributed by atoms with Crippen LogP contribution in [-0.2, 0) is 15.1 Å². The first-order chi connectivity index (χ1) is 11.2. The number of likely N-dealkylation sites (N-methyl/N-ethyl adjacent to an activating group) is 1. The van der Waals surface area contributed by atoms with E-state index in [1.165, 1.54) is 5.56 Å². The van der Waals surface area contributed by atoms with Crippen molar-refractivity contribution in [3.05, 3.63) is 71.8 Å². The van der Waals surface area contributed by atoms with Gasteiger partial charge in [0.25, 0.3) is 0 Å². The van der Waals surface area contributed by atoms with E-state index in [-0.39, 0.29) is 12.0 Å². The average Bonchev–Trinajstić information content (AvgIpc) is 2.93. The molecule has 1 aliphatic rings. The van der Waals surface area contributed by atoms with Crippen LogP contribution in [0.1, 0.15) is 36.9 Å². The third-order valence-corrected chi connectivity index (χ3v) is 4.68. The van der Waals surface area contributed by atoms with Gasteiger partial charge in [0.1, 0.15) is 0 Å². The molecular weight excluding hydrogens is 286 g/mol. The lowest BCUT2D eigenvalue weighted by Gasteiger charge is -2.37. The molecule has 2 atom stereocenters. The largest absolute Gasteiger partial charge is 0.452 e. The van der Waals surface area contributed by atoms with Crippen molar-refractivity contribution in [1.29, 1.82) is 0 Å². The topological polar surface area (TPSA) is 29.5 Å². The average molecular weight is 309 g/mol. The van der Waals surface area contributed by atoms with Crippen LogP contribution in [0, 0.1) is 0 Å². The second-order valence-electron chi connectivity index (χ2n) is 6.13. The maximum atomic E-state index is 12.2. The lowest BCUT2D eigenvalue weighted by atomic mass is 9.82. The number of ether oxygens (including phenoxy) is 1. The van der Waals surface area contributed by atoms with Crippen molar-refractivity contribution in [3.8, 4) is 0 Å². The normalized spacial score (nSPS) is 24.5. The third-order valence-electron chi connectivity index (χ3n) is 4.68. The van der Waals surface area contributed by atoms with Crippen LogP contribution in [0.5, 0.6) is 0 Å². The summed E-state index contributed by atoms with van der Waals surface area (Å²) in [5.74, 6) is -0.148. The molecule has 2 aromatic carbocycles. The van der Waals surface area contributed by atoms with Crippen LogP contribution in [0.4, 0.5) is 0 Å². The molecule has 0 N–H and O–H groups in total. The van der Waals surface area contributed by atoms with Crippen molar-refractivity contribution in [2.24, 2.45) is 0 Å². The van der Waals surface area contributed by atoms with Crippen LogP contribution < -0.4 is 0 Å². The molecule has 120 valence electrons. The number of hydrogen-bond acceptors (Lipinski definition) is 3. The number of carbonyl (C=O) groups excluding carboxylic acids is 1. The van der Waals surface area contributed by atoms with Gasteiger partial charge in [0, 0.05) is 19.4 Å². The van der Waals surface area contributed by atoms with E-state index in [0.29, 0.717) is 6.42 Å². The molecule has 3 nitrogen and oxygen atoms in total. The van der Waals surface area contributed by atoms with Gasteiger partial charge in [0.15, 0.2) is 5.60 Å². The van der Waals surface area contributed by atoms with E-state index >= 15 is 0 Å². The van der Waals surface area contributed by atoms with Gasteiger partial charge in [-0.05, 0) is 18.2 Å². The smallest absolute Gasteiger partial charge is 0.306 e. The fourth-order valence-electron chi connectivity index (χ4n) is 3.59. The Balaban J connectivity index is 2.11. The number of benzene rings is 2. The Morgan fingerprint density at radius 2 is 1.74 bits per heavy atom. The Bertz CT molecular complexity index is 656. The Hall–Kier alpha value is -2.13. The molecule has 1 aliphatic heterocycles. The molecule has 0 aliphatic carbocycles. The minimum atomic E-state index is -0.621. The quantitative estimate of drug-likeness (QED) is 0.802. The second-order valence-corrected chi connectivity index (χ2v) is 6.13. The Labute approximate surface area is 137 Å². The minimum Gasteiger partial charge on any atom is -0.452 e. The molecule has 0 bridgehead atoms. The number of carbonyl (C=O) groups is 1. The molecule has 0 radical (unpaired) electrons. The summed E-state index contributed by atoms with van der Waals surface area (Å²) in [7, 11) is 2.10. The molecule has 1 fully saturated rings. The number of nitrogens with zero attached hydrogens (tertiary/aromatic N) is 1. The van der Waals surface area contributed by atoms with Crippen molar-refractivity contribution in [3.63, 3.8) is 0 Å². The lowest BCUT2D eigenvalue weighted by molar-refractivity contribution is -0.164. The highest BCUT2D eigenvalue weighted by Gasteiger charge is 2.51. The fourth-order valence-corrected chi connectivity index (χ4v) is 3.59. The van der Waals surface area contributed by atoms with Crippen molar-refractivity contribution in [2.45, 2.75) is 31.4 Å². The van der Waals surface area contributed by atoms with E-state index in [1.807, 2.05) is 43.3 Å². The van der Waals surface area contributed by atoms with Gasteiger partial charge < -0.3 is 4.74 Å². The number of rotatable bonds is 4. The van der Waals surface area contributed by atoms with Gasteiger partial charge in [-0.2, -0.15) is 0 Å². The van der Waals surface area contributed by atoms with E-state index in [2.05, 4.69) is 36.2 Å². The van der Waals surface area contributed by atoms with E-state index < -0.39 is 5.60 Å². The summed E-state index contributed by atoms with van der Waals surface area (Å²) in [6.45, 7) is 2.74. The van der Waals surface area contributed by atoms with Crippen molar-refractivity contribution < 1.29 is 9.53 Å². The van der Waals surface area contributed by atoms with Gasteiger partial charge >= 0.3 is 5.97 Å². The zero-order valence-corrected chi connectivity index (χ0v) is 13.7. The molecule has 1 saturated heterocycles. The summed E-state index contributed by atoms with van der Waals surface area (Å²) in [4.78, 5) is 14.5. The van der Waals surface area contributed by atoms with Crippen LogP contribution >= 0.6 is 0 Å². The van der Waals surface area contributed by atoms with Crippen molar-refractivity contribution in [1.82, 2.24) is 4.90 Å². The highest BCUT2D eigenvalue weighted by molar-refractivity contribution is 5.70. The summed E-state index contributed by atoms with van der Waals surface area (Å²) >= 11 is 0. The first-order valence-corrected chi connectivity index (χ1v) is 8.20. The molecule has 3 heteroatoms. The molecule has 2 aromatic rings. The SMILES string of the molecule is CCC(=O)O[C@]1(c2ccccc2)CCN(C)[C@@H]1c1ccccc1. The van der Waals surface area contributed by atoms with Crippen LogP contribution in [0.3, 0.4) is 0 Å². The number of hydrogen-bond donors (Lipinski definition) is 0. The van der Waals surface area contributed by atoms with E-state index in [9.17, 15) is 4.79 Å². The Morgan fingerprint density at radius 3 is 2.35 bits per heavy atom. The molecule has 3 rings (SSSR count). The van der Waals surface area contributed by atoms with Gasteiger partial charge in [-0.3, -0.25) is 9.69 Å². The predicted octanol–water partition coefficient (Wildman–Crippen LogP) is 3.91. The molecule has 0 amide bonds. The summed E-state index contributed by atoms with van der Waals surface area (Å²) in [6, 6.07) is 20.5. The lowest BCUT2D eigenvalue weighted by Crippen LogP contribution is -2.38. The monoisotopic (exact) mass is 309 g/mol. The van der Waals surface area contributed by atoms with E-state index in [4.69, 9.17) is 4.74 Å². The number of likely N-dealkylation sites (tertiary alicyclic amines) is 1. The zero-order valence-electron chi connectivity index (χ0n) is 13.7. The van der Waals surface area contributed by atoms with Gasteiger partial charge in [-0.15, -0.1) is 0 Å². The van der Waals surface area contributed by atoms with Gasteiger partial charge in [-0.25, -0.2) is 0 Å².